The number of benzene rings is 2. The number of halogens is 1. The van der Waals surface area contributed by atoms with Crippen LogP contribution >= 0.6 is 11.8 Å². The SMILES string of the molecule is CCN[C@H](C)CNC(=O)C(Sc1ccc(F)cc1)c1ccccc1. The summed E-state index contributed by atoms with van der Waals surface area (Å²) in [6, 6.07) is 16.1. The molecule has 0 aliphatic rings. The Labute approximate surface area is 147 Å². The second-order valence-electron chi connectivity index (χ2n) is 5.57. The summed E-state index contributed by atoms with van der Waals surface area (Å²) in [6.07, 6.45) is 0. The average Bonchev–Trinajstić information content (AvgIpc) is 2.60. The minimum Gasteiger partial charge on any atom is -0.353 e. The monoisotopic (exact) mass is 346 g/mol. The molecule has 0 bridgehead atoms. The van der Waals surface area contributed by atoms with Crippen LogP contribution in [0.2, 0.25) is 0 Å². The van der Waals surface area contributed by atoms with Gasteiger partial charge in [-0.25, -0.2) is 4.39 Å². The van der Waals surface area contributed by atoms with Crippen molar-refractivity contribution in [3.8, 4) is 0 Å². The molecule has 0 saturated heterocycles. The molecule has 3 nitrogen and oxygen atoms in total. The van der Waals surface area contributed by atoms with Crippen molar-refractivity contribution < 1.29 is 9.18 Å². The number of nitrogens with one attached hydrogen (secondary N) is 2. The van der Waals surface area contributed by atoms with E-state index < -0.39 is 0 Å². The summed E-state index contributed by atoms with van der Waals surface area (Å²) in [5.74, 6) is -0.320. The molecule has 0 aliphatic carbocycles. The quantitative estimate of drug-likeness (QED) is 0.715. The van der Waals surface area contributed by atoms with Crippen LogP contribution in [0, 0.1) is 5.82 Å². The van der Waals surface area contributed by atoms with Crippen molar-refractivity contribution in [3.63, 3.8) is 0 Å². The molecule has 2 aromatic rings. The summed E-state index contributed by atoms with van der Waals surface area (Å²) >= 11 is 1.42. The van der Waals surface area contributed by atoms with Gasteiger partial charge in [-0.3, -0.25) is 4.79 Å². The van der Waals surface area contributed by atoms with E-state index in [0.29, 0.717) is 6.54 Å². The Bertz CT molecular complexity index is 634. The molecule has 2 rings (SSSR count). The molecule has 2 atom stereocenters. The summed E-state index contributed by atoms with van der Waals surface area (Å²) in [4.78, 5) is 13.6. The van der Waals surface area contributed by atoms with Gasteiger partial charge in [0.1, 0.15) is 11.1 Å². The fraction of sp³-hybridized carbons (Fsp3) is 0.316. The van der Waals surface area contributed by atoms with E-state index in [4.69, 9.17) is 0 Å². The van der Waals surface area contributed by atoms with Crippen molar-refractivity contribution in [2.45, 2.75) is 30.0 Å². The first kappa shape index (κ1) is 18.5. The molecule has 0 aromatic heterocycles. The molecule has 0 saturated carbocycles. The van der Waals surface area contributed by atoms with Crippen molar-refractivity contribution in [3.05, 3.63) is 66.0 Å². The summed E-state index contributed by atoms with van der Waals surface area (Å²) in [6.45, 7) is 5.51. The number of hydrogen-bond donors (Lipinski definition) is 2. The van der Waals surface area contributed by atoms with E-state index in [1.807, 2.05) is 44.2 Å². The minimum atomic E-state index is -0.370. The third kappa shape index (κ3) is 5.65. The van der Waals surface area contributed by atoms with Crippen molar-refractivity contribution in [2.75, 3.05) is 13.1 Å². The van der Waals surface area contributed by atoms with Gasteiger partial charge in [0.25, 0.3) is 0 Å². The Morgan fingerprint density at radius 2 is 1.79 bits per heavy atom. The van der Waals surface area contributed by atoms with Gasteiger partial charge in [-0.05, 0) is 43.3 Å². The van der Waals surface area contributed by atoms with Gasteiger partial charge in [0.2, 0.25) is 5.91 Å². The number of carbonyl (C=O) groups excluding carboxylic acids is 1. The third-order valence-electron chi connectivity index (χ3n) is 3.54. The van der Waals surface area contributed by atoms with E-state index in [0.717, 1.165) is 17.0 Å². The van der Waals surface area contributed by atoms with Crippen LogP contribution in [0.4, 0.5) is 4.39 Å². The third-order valence-corrected chi connectivity index (χ3v) is 4.81. The number of likely N-dealkylation sites (N-methyl/N-ethyl adjacent to an activating group) is 1. The standard InChI is InChI=1S/C19H23FN2OS/c1-3-21-14(2)13-22-19(23)18(15-7-5-4-6-8-15)24-17-11-9-16(20)10-12-17/h4-12,14,18,21H,3,13H2,1-2H3,(H,22,23)/t14-,18?/m1/s1. The van der Waals surface area contributed by atoms with Crippen molar-refractivity contribution in [1.82, 2.24) is 10.6 Å². The number of hydrogen-bond acceptors (Lipinski definition) is 3. The molecule has 128 valence electrons. The molecular weight excluding hydrogens is 323 g/mol. The lowest BCUT2D eigenvalue weighted by molar-refractivity contribution is -0.120. The summed E-state index contributed by atoms with van der Waals surface area (Å²) in [5.41, 5.74) is 0.931. The number of amides is 1. The van der Waals surface area contributed by atoms with Gasteiger partial charge < -0.3 is 10.6 Å². The second-order valence-corrected chi connectivity index (χ2v) is 6.74. The van der Waals surface area contributed by atoms with Gasteiger partial charge >= 0.3 is 0 Å². The zero-order chi connectivity index (χ0) is 17.4. The molecule has 24 heavy (non-hydrogen) atoms. The molecule has 0 radical (unpaired) electrons. The zero-order valence-corrected chi connectivity index (χ0v) is 14.8. The predicted octanol–water partition coefficient (Wildman–Crippen LogP) is 3.77. The van der Waals surface area contributed by atoms with E-state index in [1.54, 1.807) is 12.1 Å². The van der Waals surface area contributed by atoms with Crippen molar-refractivity contribution in [2.24, 2.45) is 0 Å². The first-order valence-corrected chi connectivity index (χ1v) is 8.96. The van der Waals surface area contributed by atoms with Crippen LogP contribution in [-0.2, 0) is 4.79 Å². The minimum absolute atomic E-state index is 0.0414. The number of carbonyl (C=O) groups is 1. The Morgan fingerprint density at radius 3 is 2.42 bits per heavy atom. The molecule has 1 unspecified atom stereocenters. The maximum Gasteiger partial charge on any atom is 0.238 e. The summed E-state index contributed by atoms with van der Waals surface area (Å²) in [5, 5.41) is 5.90. The van der Waals surface area contributed by atoms with Crippen molar-refractivity contribution >= 4 is 17.7 Å². The van der Waals surface area contributed by atoms with Crippen LogP contribution in [0.5, 0.6) is 0 Å². The number of thioether (sulfide) groups is 1. The molecule has 0 heterocycles. The summed E-state index contributed by atoms with van der Waals surface area (Å²) < 4.78 is 13.1. The molecule has 0 aliphatic heterocycles. The van der Waals surface area contributed by atoms with Crippen LogP contribution in [0.25, 0.3) is 0 Å². The van der Waals surface area contributed by atoms with E-state index in [2.05, 4.69) is 10.6 Å². The van der Waals surface area contributed by atoms with Crippen LogP contribution in [0.15, 0.2) is 59.5 Å². The van der Waals surface area contributed by atoms with E-state index in [9.17, 15) is 9.18 Å². The smallest absolute Gasteiger partial charge is 0.238 e. The lowest BCUT2D eigenvalue weighted by Crippen LogP contribution is -2.40. The van der Waals surface area contributed by atoms with Gasteiger partial charge in [0.15, 0.2) is 0 Å². The first-order valence-electron chi connectivity index (χ1n) is 8.08. The van der Waals surface area contributed by atoms with Gasteiger partial charge in [0.05, 0.1) is 0 Å². The molecule has 2 N–H and O–H groups in total. The highest BCUT2D eigenvalue weighted by atomic mass is 32.2. The average molecular weight is 346 g/mol. The summed E-state index contributed by atoms with van der Waals surface area (Å²) in [7, 11) is 0. The van der Waals surface area contributed by atoms with Gasteiger partial charge in [-0.15, -0.1) is 11.8 Å². The normalized spacial score (nSPS) is 13.3. The fourth-order valence-electron chi connectivity index (χ4n) is 2.32. The van der Waals surface area contributed by atoms with E-state index in [-0.39, 0.29) is 23.0 Å². The zero-order valence-electron chi connectivity index (χ0n) is 14.0. The maximum atomic E-state index is 13.1. The van der Waals surface area contributed by atoms with Gasteiger partial charge in [-0.1, -0.05) is 37.3 Å². The predicted molar refractivity (Wildman–Crippen MR) is 97.6 cm³/mol. The Balaban J connectivity index is 2.11. The largest absolute Gasteiger partial charge is 0.353 e. The topological polar surface area (TPSA) is 41.1 Å². The van der Waals surface area contributed by atoms with Gasteiger partial charge in [-0.2, -0.15) is 0 Å². The maximum absolute atomic E-state index is 13.1. The highest BCUT2D eigenvalue weighted by Gasteiger charge is 2.22. The Morgan fingerprint density at radius 1 is 1.12 bits per heavy atom. The molecule has 1 amide bonds. The lowest BCUT2D eigenvalue weighted by atomic mass is 10.1. The fourth-order valence-corrected chi connectivity index (χ4v) is 3.37. The van der Waals surface area contributed by atoms with Crippen LogP contribution < -0.4 is 10.6 Å². The van der Waals surface area contributed by atoms with Crippen LogP contribution in [0.1, 0.15) is 24.7 Å². The lowest BCUT2D eigenvalue weighted by Gasteiger charge is -2.19. The first-order chi connectivity index (χ1) is 11.6. The second kappa shape index (κ2) is 9.45. The molecule has 5 heteroatoms. The van der Waals surface area contributed by atoms with Crippen molar-refractivity contribution in [1.29, 1.82) is 0 Å². The van der Waals surface area contributed by atoms with E-state index in [1.165, 1.54) is 23.9 Å². The van der Waals surface area contributed by atoms with Crippen LogP contribution in [0.3, 0.4) is 0 Å². The van der Waals surface area contributed by atoms with Crippen LogP contribution in [-0.4, -0.2) is 25.0 Å². The van der Waals surface area contributed by atoms with Gasteiger partial charge in [0, 0.05) is 17.5 Å². The molecule has 0 spiro atoms. The highest BCUT2D eigenvalue weighted by Crippen LogP contribution is 2.35. The Hall–Kier alpha value is -1.85. The molecule has 2 aromatic carbocycles. The molecular formula is C19H23FN2OS. The Kier molecular flexibility index (Phi) is 7.28. The van der Waals surface area contributed by atoms with E-state index >= 15 is 0 Å². The molecule has 0 fully saturated rings. The highest BCUT2D eigenvalue weighted by molar-refractivity contribution is 8.00. The number of rotatable bonds is 8.